The van der Waals surface area contributed by atoms with E-state index in [0.717, 1.165) is 37.2 Å². The highest BCUT2D eigenvalue weighted by Crippen LogP contribution is 2.34. The molecule has 9 nitrogen and oxygen atoms in total. The number of amides is 3. The number of aromatic nitrogens is 1. The second-order valence-corrected chi connectivity index (χ2v) is 10.1. The molecule has 5 N–H and O–H groups in total. The van der Waals surface area contributed by atoms with Crippen LogP contribution in [0.25, 0.3) is 0 Å². The zero-order valence-electron chi connectivity index (χ0n) is 20.0. The molecule has 0 bridgehead atoms. The van der Waals surface area contributed by atoms with Gasteiger partial charge in [-0.05, 0) is 67.8 Å². The number of primary amides is 1. The van der Waals surface area contributed by atoms with Crippen molar-refractivity contribution in [2.45, 2.75) is 69.9 Å². The number of rotatable bonds is 8. The fourth-order valence-corrected chi connectivity index (χ4v) is 5.63. The molecule has 188 valence electrons. The van der Waals surface area contributed by atoms with E-state index in [9.17, 15) is 14.4 Å². The number of nitrogen functional groups attached to an aromatic ring is 1. The lowest BCUT2D eigenvalue weighted by atomic mass is 9.84. The third-order valence-electron chi connectivity index (χ3n) is 6.92. The van der Waals surface area contributed by atoms with Crippen LogP contribution in [0.2, 0.25) is 0 Å². The molecule has 4 rings (SSSR count). The van der Waals surface area contributed by atoms with E-state index >= 15 is 0 Å². The van der Waals surface area contributed by atoms with Crippen molar-refractivity contribution in [1.29, 1.82) is 0 Å². The van der Waals surface area contributed by atoms with Gasteiger partial charge in [-0.25, -0.2) is 0 Å². The zero-order valence-corrected chi connectivity index (χ0v) is 20.8. The second kappa shape index (κ2) is 11.2. The summed E-state index contributed by atoms with van der Waals surface area (Å²) in [7, 11) is 0. The summed E-state index contributed by atoms with van der Waals surface area (Å²) in [4.78, 5) is 39.8. The highest BCUT2D eigenvalue weighted by molar-refractivity contribution is 7.09. The van der Waals surface area contributed by atoms with Gasteiger partial charge in [-0.1, -0.05) is 31.4 Å². The monoisotopic (exact) mass is 499 g/mol. The van der Waals surface area contributed by atoms with Crippen molar-refractivity contribution in [2.24, 2.45) is 5.73 Å². The number of carbonyl (C=O) groups is 3. The van der Waals surface area contributed by atoms with Crippen LogP contribution < -0.4 is 21.7 Å². The van der Waals surface area contributed by atoms with Crippen molar-refractivity contribution >= 4 is 40.6 Å². The minimum Gasteiger partial charge on any atom is -0.395 e. The fourth-order valence-electron chi connectivity index (χ4n) is 4.88. The van der Waals surface area contributed by atoms with E-state index in [1.54, 1.807) is 6.92 Å². The summed E-state index contributed by atoms with van der Waals surface area (Å²) in [5.41, 5.74) is 13.0. The fraction of sp³-hybridized carbons (Fsp3) is 0.520. The molecule has 35 heavy (non-hydrogen) atoms. The Kier molecular flexibility index (Phi) is 8.02. The van der Waals surface area contributed by atoms with Gasteiger partial charge in [0.05, 0.1) is 11.8 Å². The maximum Gasteiger partial charge on any atom is 0.272 e. The Hall–Kier alpha value is -2.98. The average Bonchev–Trinajstić information content (AvgIpc) is 3.53. The van der Waals surface area contributed by atoms with Crippen LogP contribution in [0.15, 0.2) is 24.3 Å². The van der Waals surface area contributed by atoms with Gasteiger partial charge in [0.25, 0.3) is 11.8 Å². The number of benzene rings is 1. The summed E-state index contributed by atoms with van der Waals surface area (Å²) < 4.78 is 9.55. The zero-order chi connectivity index (χ0) is 24.9. The maximum absolute atomic E-state index is 13.7. The van der Waals surface area contributed by atoms with E-state index in [2.05, 4.69) is 9.69 Å². The normalized spacial score (nSPS) is 19.3. The van der Waals surface area contributed by atoms with E-state index in [4.69, 9.17) is 16.2 Å². The van der Waals surface area contributed by atoms with Crippen LogP contribution in [0, 0.1) is 0 Å². The molecule has 3 amide bonds. The van der Waals surface area contributed by atoms with Gasteiger partial charge in [-0.15, -0.1) is 0 Å². The van der Waals surface area contributed by atoms with Crippen LogP contribution >= 0.6 is 11.5 Å². The quantitative estimate of drug-likeness (QED) is 0.509. The first-order valence-corrected chi connectivity index (χ1v) is 13.0. The number of nitrogens with one attached hydrogen (secondary N) is 1. The van der Waals surface area contributed by atoms with Gasteiger partial charge in [0.1, 0.15) is 10.9 Å². The summed E-state index contributed by atoms with van der Waals surface area (Å²) >= 11 is 0.806. The summed E-state index contributed by atoms with van der Waals surface area (Å²) in [5, 5.41) is 2.91. The molecule has 1 aromatic heterocycles. The van der Waals surface area contributed by atoms with Gasteiger partial charge in [-0.3, -0.25) is 19.3 Å². The molecule has 0 radical (unpaired) electrons. The SMILES string of the molecule is CC(C(=O)NCC1CCCO1)N(C(=O)c1snc(C(N)=O)c1N)c1ccc(C2CCCCC2)cc1. The van der Waals surface area contributed by atoms with Gasteiger partial charge in [0.2, 0.25) is 5.91 Å². The van der Waals surface area contributed by atoms with Crippen molar-refractivity contribution in [1.82, 2.24) is 9.69 Å². The van der Waals surface area contributed by atoms with Crippen molar-refractivity contribution < 1.29 is 19.1 Å². The number of nitrogens with two attached hydrogens (primary N) is 2. The molecule has 1 aromatic carbocycles. The molecular weight excluding hydrogens is 466 g/mol. The Morgan fingerprint density at radius 1 is 1.14 bits per heavy atom. The predicted octanol–water partition coefficient (Wildman–Crippen LogP) is 3.20. The largest absolute Gasteiger partial charge is 0.395 e. The van der Waals surface area contributed by atoms with Crippen molar-refractivity contribution in [2.75, 3.05) is 23.8 Å². The molecule has 2 unspecified atom stereocenters. The first kappa shape index (κ1) is 25.1. The van der Waals surface area contributed by atoms with Crippen LogP contribution in [-0.4, -0.2) is 47.4 Å². The van der Waals surface area contributed by atoms with Crippen LogP contribution in [0.1, 0.15) is 83.5 Å². The van der Waals surface area contributed by atoms with Crippen LogP contribution in [0.5, 0.6) is 0 Å². The summed E-state index contributed by atoms with van der Waals surface area (Å²) in [6, 6.07) is 6.99. The number of anilines is 2. The molecule has 1 aliphatic heterocycles. The Balaban J connectivity index is 1.60. The molecular formula is C25H33N5O4S. The first-order chi connectivity index (χ1) is 16.9. The summed E-state index contributed by atoms with van der Waals surface area (Å²) in [6.45, 7) is 2.76. The second-order valence-electron chi connectivity index (χ2n) is 9.30. The summed E-state index contributed by atoms with van der Waals surface area (Å²) in [5.74, 6) is -1.09. The molecule has 10 heteroatoms. The molecule has 2 heterocycles. The number of nitrogens with zero attached hydrogens (tertiary/aromatic N) is 2. The number of hydrogen-bond acceptors (Lipinski definition) is 7. The molecule has 1 aliphatic carbocycles. The van der Waals surface area contributed by atoms with Gasteiger partial charge in [-0.2, -0.15) is 4.37 Å². The van der Waals surface area contributed by atoms with E-state index in [-0.39, 0.29) is 28.3 Å². The molecule has 1 saturated heterocycles. The lowest BCUT2D eigenvalue weighted by Crippen LogP contribution is -2.49. The first-order valence-electron chi connectivity index (χ1n) is 12.2. The third kappa shape index (κ3) is 5.65. The van der Waals surface area contributed by atoms with Crippen LogP contribution in [0.4, 0.5) is 11.4 Å². The third-order valence-corrected chi connectivity index (χ3v) is 7.77. The molecule has 2 aromatic rings. The molecule has 1 saturated carbocycles. The van der Waals surface area contributed by atoms with Crippen LogP contribution in [-0.2, 0) is 9.53 Å². The van der Waals surface area contributed by atoms with E-state index in [1.165, 1.54) is 29.7 Å². The minimum atomic E-state index is -0.831. The maximum atomic E-state index is 13.7. The molecule has 2 atom stereocenters. The van der Waals surface area contributed by atoms with Crippen LogP contribution in [0.3, 0.4) is 0 Å². The summed E-state index contributed by atoms with van der Waals surface area (Å²) in [6.07, 6.45) is 7.92. The average molecular weight is 500 g/mol. The predicted molar refractivity (Wildman–Crippen MR) is 136 cm³/mol. The Morgan fingerprint density at radius 2 is 1.86 bits per heavy atom. The lowest BCUT2D eigenvalue weighted by Gasteiger charge is -2.29. The Morgan fingerprint density at radius 3 is 2.46 bits per heavy atom. The lowest BCUT2D eigenvalue weighted by molar-refractivity contribution is -0.122. The van der Waals surface area contributed by atoms with E-state index < -0.39 is 17.9 Å². The number of carbonyl (C=O) groups excluding carboxylic acids is 3. The van der Waals surface area contributed by atoms with Gasteiger partial charge < -0.3 is 21.5 Å². The van der Waals surface area contributed by atoms with Gasteiger partial charge >= 0.3 is 0 Å². The molecule has 2 fully saturated rings. The smallest absolute Gasteiger partial charge is 0.272 e. The minimum absolute atomic E-state index is 0.0136. The number of ether oxygens (including phenoxy) is 1. The van der Waals surface area contributed by atoms with Crippen molar-refractivity contribution in [3.8, 4) is 0 Å². The molecule has 0 spiro atoms. The Bertz CT molecular complexity index is 1060. The Labute approximate surface area is 209 Å². The van der Waals surface area contributed by atoms with E-state index in [1.807, 2.05) is 24.3 Å². The highest BCUT2D eigenvalue weighted by atomic mass is 32.1. The van der Waals surface area contributed by atoms with Crippen molar-refractivity contribution in [3.63, 3.8) is 0 Å². The van der Waals surface area contributed by atoms with Gasteiger partial charge in [0.15, 0.2) is 5.69 Å². The standard InChI is InChI=1S/C25H33N5O4S/c1-15(24(32)28-14-19-8-5-13-34-19)30(25(33)22-20(26)21(23(27)31)29-35-22)18-11-9-17(10-12-18)16-6-3-2-4-7-16/h9-12,15-16,19H,2-8,13-14,26H2,1H3,(H2,27,31)(H,28,32). The molecule has 2 aliphatic rings. The number of hydrogen-bond donors (Lipinski definition) is 3. The highest BCUT2D eigenvalue weighted by Gasteiger charge is 2.33. The topological polar surface area (TPSA) is 141 Å². The van der Waals surface area contributed by atoms with Gasteiger partial charge in [0, 0.05) is 18.8 Å². The van der Waals surface area contributed by atoms with E-state index in [0.29, 0.717) is 24.8 Å². The van der Waals surface area contributed by atoms with Crippen molar-refractivity contribution in [3.05, 3.63) is 40.4 Å².